The minimum Gasteiger partial charge on any atom is -0.255 e. The van der Waals surface area contributed by atoms with Crippen LogP contribution in [0.2, 0.25) is 0 Å². The first-order chi connectivity index (χ1) is 2.91. The lowest BCUT2D eigenvalue weighted by molar-refractivity contribution is 0.562. The quantitative estimate of drug-likeness (QED) is 0.434. The summed E-state index contributed by atoms with van der Waals surface area (Å²) in [7, 11) is 0.500. The van der Waals surface area contributed by atoms with Gasteiger partial charge in [0, 0.05) is 0 Å². The van der Waals surface area contributed by atoms with Gasteiger partial charge in [-0.1, -0.05) is 6.08 Å². The van der Waals surface area contributed by atoms with Gasteiger partial charge in [-0.2, -0.15) is 0 Å². The van der Waals surface area contributed by atoms with Crippen LogP contribution in [-0.2, 0) is 0 Å². The fourth-order valence-corrected chi connectivity index (χ4v) is 0. The first kappa shape index (κ1) is 9.14. The van der Waals surface area contributed by atoms with Gasteiger partial charge in [0.2, 0.25) is 0 Å². The summed E-state index contributed by atoms with van der Waals surface area (Å²) < 4.78 is 20.1. The number of hydrogen-bond acceptors (Lipinski definition) is 0. The Balaban J connectivity index is 0. The third-order valence-electron chi connectivity index (χ3n) is 0.109. The molecule has 0 saturated heterocycles. The van der Waals surface area contributed by atoms with Crippen molar-refractivity contribution >= 4 is 0 Å². The van der Waals surface area contributed by atoms with Crippen LogP contribution < -0.4 is 0 Å². The van der Waals surface area contributed by atoms with E-state index in [1.54, 1.807) is 0 Å². The van der Waals surface area contributed by atoms with Crippen LogP contribution in [-0.4, -0.2) is 13.9 Å². The Morgan fingerprint density at radius 1 is 1.67 bits per heavy atom. The van der Waals surface area contributed by atoms with Gasteiger partial charge in [-0.3, -0.25) is 4.39 Å². The van der Waals surface area contributed by atoms with Crippen LogP contribution in [0.15, 0.2) is 12.7 Å². The molecule has 0 aliphatic heterocycles. The molecule has 0 aliphatic rings. The lowest BCUT2D eigenvalue weighted by atomic mass is 10.7. The van der Waals surface area contributed by atoms with E-state index in [2.05, 4.69) is 6.58 Å². The van der Waals surface area contributed by atoms with Crippen LogP contribution in [0.1, 0.15) is 0 Å². The van der Waals surface area contributed by atoms with Crippen molar-refractivity contribution in [1.29, 1.82) is 0 Å². The molecule has 0 radical (unpaired) electrons. The highest BCUT2D eigenvalue weighted by molar-refractivity contribution is 4.61. The minimum absolute atomic E-state index is 0.417. The molecule has 0 aromatic carbocycles. The standard InChI is InChI=1S/C3H5F.CH3F/c1-2-3-4;1-2/h2H,1,3H2;1H3. The molecular formula is C4H8F2. The lowest BCUT2D eigenvalue weighted by Crippen LogP contribution is -1.48. The maximum absolute atomic E-state index is 10.6. The second kappa shape index (κ2) is 23.3. The summed E-state index contributed by atoms with van der Waals surface area (Å²) in [4.78, 5) is 0. The highest BCUT2D eigenvalue weighted by Crippen LogP contribution is 1.58. The van der Waals surface area contributed by atoms with E-state index in [1.165, 1.54) is 6.08 Å². The van der Waals surface area contributed by atoms with Gasteiger partial charge >= 0.3 is 0 Å². The summed E-state index contributed by atoms with van der Waals surface area (Å²) >= 11 is 0. The smallest absolute Gasteiger partial charge is 0.107 e. The zero-order valence-corrected chi connectivity index (χ0v) is 3.75. The molecule has 6 heavy (non-hydrogen) atoms. The molecule has 0 nitrogen and oxygen atoms in total. The van der Waals surface area contributed by atoms with E-state index in [9.17, 15) is 8.78 Å². The van der Waals surface area contributed by atoms with E-state index in [0.29, 0.717) is 7.18 Å². The second-order valence-corrected chi connectivity index (χ2v) is 0.443. The highest BCUT2D eigenvalue weighted by atomic mass is 19.1. The first-order valence-corrected chi connectivity index (χ1v) is 1.46. The van der Waals surface area contributed by atoms with E-state index in [4.69, 9.17) is 0 Å². The van der Waals surface area contributed by atoms with Crippen molar-refractivity contribution in [2.75, 3.05) is 13.9 Å². The summed E-state index contributed by atoms with van der Waals surface area (Å²) in [6.45, 7) is 2.69. The van der Waals surface area contributed by atoms with Crippen molar-refractivity contribution in [2.24, 2.45) is 0 Å². The fraction of sp³-hybridized carbons (Fsp3) is 0.500. The van der Waals surface area contributed by atoms with E-state index >= 15 is 0 Å². The van der Waals surface area contributed by atoms with Crippen molar-refractivity contribution in [3.63, 3.8) is 0 Å². The van der Waals surface area contributed by atoms with Gasteiger partial charge in [0.05, 0.1) is 7.18 Å². The first-order valence-electron chi connectivity index (χ1n) is 1.46. The van der Waals surface area contributed by atoms with Gasteiger partial charge in [0.1, 0.15) is 6.67 Å². The van der Waals surface area contributed by atoms with Gasteiger partial charge in [-0.25, -0.2) is 4.39 Å². The van der Waals surface area contributed by atoms with E-state index in [1.807, 2.05) is 0 Å². The van der Waals surface area contributed by atoms with Crippen molar-refractivity contribution in [3.8, 4) is 0 Å². The average molecular weight is 94.1 g/mol. The molecule has 38 valence electrons. The Labute approximate surface area is 36.5 Å². The topological polar surface area (TPSA) is 0 Å². The summed E-state index contributed by atoms with van der Waals surface area (Å²) in [6, 6.07) is 0. The third kappa shape index (κ3) is 67.6. The number of hydrogen-bond donors (Lipinski definition) is 0. The molecule has 0 aromatic heterocycles. The Hall–Kier alpha value is -0.400. The molecule has 2 heteroatoms. The van der Waals surface area contributed by atoms with Gasteiger partial charge in [0.15, 0.2) is 0 Å². The van der Waals surface area contributed by atoms with Gasteiger partial charge in [-0.05, 0) is 0 Å². The van der Waals surface area contributed by atoms with E-state index in [0.717, 1.165) is 0 Å². The van der Waals surface area contributed by atoms with Gasteiger partial charge in [0.25, 0.3) is 0 Å². The molecule has 0 rings (SSSR count). The predicted octanol–water partition coefficient (Wildman–Crippen LogP) is 1.73. The highest BCUT2D eigenvalue weighted by Gasteiger charge is 1.49. The molecule has 0 aliphatic carbocycles. The summed E-state index contributed by atoms with van der Waals surface area (Å²) in [5, 5.41) is 0. The third-order valence-corrected chi connectivity index (χ3v) is 0.109. The summed E-state index contributed by atoms with van der Waals surface area (Å²) in [5.74, 6) is 0. The largest absolute Gasteiger partial charge is 0.255 e. The molecular weight excluding hydrogens is 86.0 g/mol. The molecule has 0 bridgehead atoms. The zero-order chi connectivity index (χ0) is 5.41. The maximum Gasteiger partial charge on any atom is 0.107 e. The molecule has 0 spiro atoms. The molecule has 0 saturated carbocycles. The molecule has 0 aromatic rings. The average Bonchev–Trinajstić information content (AvgIpc) is 1.72. The minimum atomic E-state index is -0.417. The van der Waals surface area contributed by atoms with Crippen LogP contribution in [0, 0.1) is 0 Å². The Morgan fingerprint density at radius 3 is 1.83 bits per heavy atom. The fourth-order valence-electron chi connectivity index (χ4n) is 0. The van der Waals surface area contributed by atoms with Gasteiger partial charge in [-0.15, -0.1) is 6.58 Å². The monoisotopic (exact) mass is 94.1 g/mol. The van der Waals surface area contributed by atoms with Crippen LogP contribution in [0.25, 0.3) is 0 Å². The molecule has 0 heterocycles. The molecule has 0 fully saturated rings. The molecule has 0 amide bonds. The van der Waals surface area contributed by atoms with Crippen LogP contribution in [0.3, 0.4) is 0 Å². The number of halogens is 2. The van der Waals surface area contributed by atoms with Crippen LogP contribution in [0.5, 0.6) is 0 Å². The number of rotatable bonds is 1. The summed E-state index contributed by atoms with van der Waals surface area (Å²) in [6.07, 6.45) is 1.21. The van der Waals surface area contributed by atoms with Crippen molar-refractivity contribution in [3.05, 3.63) is 12.7 Å². The SMILES string of the molecule is C=CCF.CF. The zero-order valence-electron chi connectivity index (χ0n) is 3.75. The van der Waals surface area contributed by atoms with Crippen LogP contribution in [0.4, 0.5) is 8.78 Å². The Kier molecular flexibility index (Phi) is 35.5. The van der Waals surface area contributed by atoms with Gasteiger partial charge < -0.3 is 0 Å². The number of allylic oxidation sites excluding steroid dienone is 1. The molecule has 0 atom stereocenters. The Bertz CT molecular complexity index is 19.5. The normalized spacial score (nSPS) is 5.17. The second-order valence-electron chi connectivity index (χ2n) is 0.443. The van der Waals surface area contributed by atoms with Crippen molar-refractivity contribution < 1.29 is 8.78 Å². The molecule has 0 N–H and O–H groups in total. The van der Waals surface area contributed by atoms with E-state index in [-0.39, 0.29) is 0 Å². The number of alkyl halides is 2. The van der Waals surface area contributed by atoms with Crippen LogP contribution >= 0.6 is 0 Å². The lowest BCUT2D eigenvalue weighted by Gasteiger charge is -1.54. The molecule has 0 unspecified atom stereocenters. The van der Waals surface area contributed by atoms with E-state index < -0.39 is 6.67 Å². The maximum atomic E-state index is 10.6. The Morgan fingerprint density at radius 2 is 1.83 bits per heavy atom. The van der Waals surface area contributed by atoms with Crippen molar-refractivity contribution in [1.82, 2.24) is 0 Å². The van der Waals surface area contributed by atoms with Crippen molar-refractivity contribution in [2.45, 2.75) is 0 Å². The predicted molar refractivity (Wildman–Crippen MR) is 23.2 cm³/mol. The summed E-state index contributed by atoms with van der Waals surface area (Å²) in [5.41, 5.74) is 0.